The molecule has 2 aromatic carbocycles. The fourth-order valence-corrected chi connectivity index (χ4v) is 3.95. The van der Waals surface area contributed by atoms with Crippen molar-refractivity contribution >= 4 is 40.8 Å². The van der Waals surface area contributed by atoms with E-state index in [9.17, 15) is 9.59 Å². The summed E-state index contributed by atoms with van der Waals surface area (Å²) in [6, 6.07) is 14.9. The molecule has 0 aromatic heterocycles. The van der Waals surface area contributed by atoms with Gasteiger partial charge in [-0.2, -0.15) is 0 Å². The number of nitrogens with zero attached hydrogens (tertiary/aromatic N) is 1. The van der Waals surface area contributed by atoms with Crippen LogP contribution >= 0.6 is 23.4 Å². The van der Waals surface area contributed by atoms with E-state index < -0.39 is 0 Å². The Kier molecular flexibility index (Phi) is 6.37. The summed E-state index contributed by atoms with van der Waals surface area (Å²) in [6.07, 6.45) is 0.605. The van der Waals surface area contributed by atoms with E-state index in [0.717, 1.165) is 16.0 Å². The zero-order valence-electron chi connectivity index (χ0n) is 15.2. The predicted molar refractivity (Wildman–Crippen MR) is 109 cm³/mol. The summed E-state index contributed by atoms with van der Waals surface area (Å²) in [7, 11) is 1.60. The van der Waals surface area contributed by atoms with Crippen molar-refractivity contribution in [3.8, 4) is 0 Å². The zero-order valence-corrected chi connectivity index (χ0v) is 16.8. The molecular weight excluding hydrogens is 382 g/mol. The van der Waals surface area contributed by atoms with Gasteiger partial charge in [0.1, 0.15) is 0 Å². The summed E-state index contributed by atoms with van der Waals surface area (Å²) in [5, 5.41) is 0.627. The molecule has 1 aliphatic rings. The smallest absolute Gasteiger partial charge is 0.268 e. The van der Waals surface area contributed by atoms with E-state index in [0.29, 0.717) is 35.1 Å². The van der Waals surface area contributed by atoms with Gasteiger partial charge in [-0.1, -0.05) is 53.2 Å². The minimum absolute atomic E-state index is 0.253. The number of ether oxygens (including phenoxy) is 1. The first-order valence-corrected chi connectivity index (χ1v) is 9.80. The fraction of sp³-hybridized carbons (Fsp3) is 0.238. The largest absolute Gasteiger partial charge is 0.385 e. The number of halogens is 1. The lowest BCUT2D eigenvalue weighted by Crippen LogP contribution is -2.33. The topological polar surface area (TPSA) is 46.6 Å². The van der Waals surface area contributed by atoms with Crippen LogP contribution in [0.15, 0.2) is 58.3 Å². The molecule has 1 aliphatic heterocycles. The fourth-order valence-electron chi connectivity index (χ4n) is 2.81. The number of rotatable bonds is 7. The number of carbonyl (C=O) groups is 2. The molecule has 2 aromatic rings. The van der Waals surface area contributed by atoms with Gasteiger partial charge in [0.05, 0.1) is 10.5 Å². The van der Waals surface area contributed by atoms with E-state index >= 15 is 0 Å². The van der Waals surface area contributed by atoms with Crippen LogP contribution in [-0.4, -0.2) is 37.0 Å². The summed E-state index contributed by atoms with van der Waals surface area (Å²) in [4.78, 5) is 28.6. The van der Waals surface area contributed by atoms with Gasteiger partial charge >= 0.3 is 0 Å². The number of carbonyl (C=O) groups excluding carboxylic acids is 2. The Bertz CT molecular complexity index is 875. The molecule has 6 heteroatoms. The molecule has 0 N–H and O–H groups in total. The van der Waals surface area contributed by atoms with Crippen molar-refractivity contribution in [2.45, 2.75) is 18.2 Å². The van der Waals surface area contributed by atoms with Crippen molar-refractivity contribution in [2.24, 2.45) is 0 Å². The third kappa shape index (κ3) is 4.43. The van der Waals surface area contributed by atoms with Crippen LogP contribution in [0.1, 0.15) is 17.5 Å². The van der Waals surface area contributed by atoms with E-state index in [2.05, 4.69) is 0 Å². The molecule has 0 saturated heterocycles. The number of hydrogen-bond acceptors (Lipinski definition) is 4. The maximum absolute atomic E-state index is 13.0. The van der Waals surface area contributed by atoms with Crippen LogP contribution in [0, 0.1) is 6.92 Å². The number of aryl methyl sites for hydroxylation is 1. The van der Waals surface area contributed by atoms with Crippen LogP contribution in [0.5, 0.6) is 0 Å². The highest BCUT2D eigenvalue weighted by molar-refractivity contribution is 8.04. The van der Waals surface area contributed by atoms with E-state index in [-0.39, 0.29) is 11.8 Å². The molecule has 0 fully saturated rings. The summed E-state index contributed by atoms with van der Waals surface area (Å²) >= 11 is 7.25. The van der Waals surface area contributed by atoms with Gasteiger partial charge in [0.25, 0.3) is 11.8 Å². The molecule has 0 spiro atoms. The van der Waals surface area contributed by atoms with Crippen LogP contribution in [0.3, 0.4) is 0 Å². The first kappa shape index (κ1) is 19.7. The van der Waals surface area contributed by atoms with Crippen molar-refractivity contribution < 1.29 is 14.3 Å². The van der Waals surface area contributed by atoms with Gasteiger partial charge in [0.2, 0.25) is 0 Å². The Balaban J connectivity index is 1.97. The van der Waals surface area contributed by atoms with Gasteiger partial charge in [0, 0.05) is 30.2 Å². The normalized spacial score (nSPS) is 14.4. The second-order valence-electron chi connectivity index (χ2n) is 6.23. The average molecular weight is 402 g/mol. The van der Waals surface area contributed by atoms with E-state index in [1.54, 1.807) is 19.2 Å². The van der Waals surface area contributed by atoms with Crippen LogP contribution in [0.2, 0.25) is 5.02 Å². The molecule has 3 rings (SSSR count). The SMILES string of the molecule is COCCCN1C(=O)C(Sc2ccc(Cl)cc2)=C(c2ccc(C)cc2)C1=O. The van der Waals surface area contributed by atoms with E-state index in [4.69, 9.17) is 16.3 Å². The second kappa shape index (κ2) is 8.74. The third-order valence-electron chi connectivity index (χ3n) is 4.23. The maximum Gasteiger partial charge on any atom is 0.268 e. The highest BCUT2D eigenvalue weighted by Crippen LogP contribution is 2.40. The van der Waals surface area contributed by atoms with Crippen molar-refractivity contribution in [1.29, 1.82) is 0 Å². The highest BCUT2D eigenvalue weighted by atomic mass is 35.5. The maximum atomic E-state index is 13.0. The van der Waals surface area contributed by atoms with Crippen molar-refractivity contribution in [3.05, 3.63) is 69.6 Å². The quantitative estimate of drug-likeness (QED) is 0.504. The molecule has 0 saturated carbocycles. The van der Waals surface area contributed by atoms with Crippen molar-refractivity contribution in [2.75, 3.05) is 20.3 Å². The number of amides is 2. The standard InChI is InChI=1S/C21H20ClNO3S/c1-14-4-6-15(7-5-14)18-19(27-17-10-8-16(22)9-11-17)21(25)23(20(18)24)12-3-13-26-2/h4-11H,3,12-13H2,1-2H3. The molecule has 0 atom stereocenters. The van der Waals surface area contributed by atoms with Crippen molar-refractivity contribution in [3.63, 3.8) is 0 Å². The van der Waals surface area contributed by atoms with Crippen LogP contribution in [0.25, 0.3) is 5.57 Å². The Morgan fingerprint density at radius 2 is 1.67 bits per heavy atom. The average Bonchev–Trinajstić information content (AvgIpc) is 2.89. The minimum Gasteiger partial charge on any atom is -0.385 e. The third-order valence-corrected chi connectivity index (χ3v) is 5.57. The van der Waals surface area contributed by atoms with Gasteiger partial charge in [-0.15, -0.1) is 0 Å². The van der Waals surface area contributed by atoms with Crippen LogP contribution < -0.4 is 0 Å². The first-order chi connectivity index (χ1) is 13.0. The zero-order chi connectivity index (χ0) is 19.4. The van der Waals surface area contributed by atoms with Gasteiger partial charge in [-0.3, -0.25) is 14.5 Å². The van der Waals surface area contributed by atoms with E-state index in [1.165, 1.54) is 16.7 Å². The number of imide groups is 1. The number of hydrogen-bond donors (Lipinski definition) is 0. The molecule has 0 unspecified atom stereocenters. The predicted octanol–water partition coefficient (Wildman–Crippen LogP) is 4.56. The Morgan fingerprint density at radius 1 is 1.00 bits per heavy atom. The highest BCUT2D eigenvalue weighted by Gasteiger charge is 2.39. The summed E-state index contributed by atoms with van der Waals surface area (Å²) in [5.41, 5.74) is 2.31. The van der Waals surface area contributed by atoms with Crippen molar-refractivity contribution in [1.82, 2.24) is 4.90 Å². The Labute approximate surface area is 168 Å². The second-order valence-corrected chi connectivity index (χ2v) is 7.75. The monoisotopic (exact) mass is 401 g/mol. The molecule has 0 radical (unpaired) electrons. The Hall–Kier alpha value is -2.08. The van der Waals surface area contributed by atoms with Crippen LogP contribution in [-0.2, 0) is 14.3 Å². The van der Waals surface area contributed by atoms with Crippen LogP contribution in [0.4, 0.5) is 0 Å². The first-order valence-electron chi connectivity index (χ1n) is 8.61. The van der Waals surface area contributed by atoms with Gasteiger partial charge < -0.3 is 4.74 Å². The van der Waals surface area contributed by atoms with Gasteiger partial charge in [0.15, 0.2) is 0 Å². The molecular formula is C21H20ClNO3S. The minimum atomic E-state index is -0.258. The summed E-state index contributed by atoms with van der Waals surface area (Å²) in [6.45, 7) is 2.82. The Morgan fingerprint density at radius 3 is 2.30 bits per heavy atom. The molecule has 27 heavy (non-hydrogen) atoms. The summed E-state index contributed by atoms with van der Waals surface area (Å²) in [5.74, 6) is -0.511. The number of thioether (sulfide) groups is 1. The molecule has 0 aliphatic carbocycles. The molecule has 140 valence electrons. The number of methoxy groups -OCH3 is 1. The van der Waals surface area contributed by atoms with E-state index in [1.807, 2.05) is 43.3 Å². The lowest BCUT2D eigenvalue weighted by Gasteiger charge is -2.14. The lowest BCUT2D eigenvalue weighted by molar-refractivity contribution is -0.136. The molecule has 0 bridgehead atoms. The van der Waals surface area contributed by atoms with Gasteiger partial charge in [-0.05, 0) is 43.2 Å². The molecule has 2 amide bonds. The lowest BCUT2D eigenvalue weighted by atomic mass is 10.0. The van der Waals surface area contributed by atoms with Gasteiger partial charge in [-0.25, -0.2) is 0 Å². The molecule has 1 heterocycles. The number of benzene rings is 2. The summed E-state index contributed by atoms with van der Waals surface area (Å²) < 4.78 is 5.05. The molecule has 4 nitrogen and oxygen atoms in total.